The summed E-state index contributed by atoms with van der Waals surface area (Å²) in [4.78, 5) is 57.0. The lowest BCUT2D eigenvalue weighted by atomic mass is 10.0. The van der Waals surface area contributed by atoms with Crippen LogP contribution in [0.25, 0.3) is 11.1 Å². The van der Waals surface area contributed by atoms with E-state index in [2.05, 4.69) is 11.1 Å². The fraction of sp³-hybridized carbons (Fsp3) is 0.176. The molecule has 0 radical (unpaired) electrons. The molecule has 1 fully saturated rings. The first-order chi connectivity index (χ1) is 20.9. The molecule has 3 aromatic carbocycles. The maximum Gasteiger partial charge on any atom is 0.338 e. The highest BCUT2D eigenvalue weighted by atomic mass is 32.2. The van der Waals surface area contributed by atoms with E-state index >= 15 is 0 Å². The molecule has 1 atom stereocenters. The van der Waals surface area contributed by atoms with Gasteiger partial charge in [-0.2, -0.15) is 5.26 Å². The number of hydrogen-bond donors (Lipinski definition) is 0. The Balaban J connectivity index is 1.07. The molecule has 4 aromatic rings. The van der Waals surface area contributed by atoms with Gasteiger partial charge in [-0.05, 0) is 66.3 Å². The Bertz CT molecular complexity index is 1780. The van der Waals surface area contributed by atoms with Crippen LogP contribution in [0.1, 0.15) is 50.4 Å². The molecule has 1 saturated heterocycles. The van der Waals surface area contributed by atoms with E-state index in [1.165, 1.54) is 24.3 Å². The van der Waals surface area contributed by atoms with Crippen molar-refractivity contribution in [3.63, 3.8) is 0 Å². The molecule has 9 heteroatoms. The van der Waals surface area contributed by atoms with Crippen molar-refractivity contribution in [1.29, 1.82) is 5.26 Å². The second-order valence-electron chi connectivity index (χ2n) is 10.3. The number of pyridine rings is 1. The van der Waals surface area contributed by atoms with E-state index in [-0.39, 0.29) is 23.7 Å². The minimum atomic E-state index is -0.705. The summed E-state index contributed by atoms with van der Waals surface area (Å²) < 4.78 is 5.23. The average Bonchev–Trinajstić information content (AvgIpc) is 3.62. The van der Waals surface area contributed by atoms with Gasteiger partial charge >= 0.3 is 5.97 Å². The summed E-state index contributed by atoms with van der Waals surface area (Å²) in [5, 5.41) is 9.36. The molecule has 0 bridgehead atoms. The summed E-state index contributed by atoms with van der Waals surface area (Å²) >= 11 is 1.14. The van der Waals surface area contributed by atoms with E-state index in [1.54, 1.807) is 12.1 Å². The minimum absolute atomic E-state index is 0.0225. The number of esters is 1. The number of imide groups is 1. The maximum absolute atomic E-state index is 13.2. The number of ether oxygens (including phenoxy) is 1. The predicted octanol–water partition coefficient (Wildman–Crippen LogP) is 5.57. The number of Topliss-reactive ketones (excluding diaryl/α,β-unsaturated/α-hetero) is 1. The van der Waals surface area contributed by atoms with E-state index < -0.39 is 23.7 Å². The topological polar surface area (TPSA) is 117 Å². The number of aryl methyl sites for hydroxylation is 2. The van der Waals surface area contributed by atoms with Gasteiger partial charge in [-0.15, -0.1) is 0 Å². The van der Waals surface area contributed by atoms with Gasteiger partial charge in [0.15, 0.2) is 12.4 Å². The van der Waals surface area contributed by atoms with Gasteiger partial charge < -0.3 is 4.74 Å². The van der Waals surface area contributed by atoms with Gasteiger partial charge in [0.1, 0.15) is 11.1 Å². The zero-order valence-electron chi connectivity index (χ0n) is 23.0. The van der Waals surface area contributed by atoms with Crippen LogP contribution in [0.3, 0.4) is 0 Å². The third-order valence-electron chi connectivity index (χ3n) is 7.50. The number of fused-ring (bicyclic) bond motifs is 1. The van der Waals surface area contributed by atoms with Crippen molar-refractivity contribution in [3.8, 4) is 17.2 Å². The van der Waals surface area contributed by atoms with Gasteiger partial charge in [0.05, 0.1) is 22.1 Å². The smallest absolute Gasteiger partial charge is 0.338 e. The summed E-state index contributed by atoms with van der Waals surface area (Å²) in [5.41, 5.74) is 5.37. The number of nitrogens with zero attached hydrogens (tertiary/aromatic N) is 3. The quantitative estimate of drug-likeness (QED) is 0.149. The molecule has 1 unspecified atom stereocenters. The number of carbonyl (C=O) groups excluding carboxylic acids is 4. The fourth-order valence-electron chi connectivity index (χ4n) is 5.25. The molecule has 1 aliphatic heterocycles. The van der Waals surface area contributed by atoms with E-state index in [4.69, 9.17) is 4.74 Å². The van der Waals surface area contributed by atoms with Crippen LogP contribution < -0.4 is 4.90 Å². The summed E-state index contributed by atoms with van der Waals surface area (Å²) in [6, 6.07) is 26.8. The number of amides is 2. The van der Waals surface area contributed by atoms with Crippen LogP contribution in [0.2, 0.25) is 0 Å². The van der Waals surface area contributed by atoms with Crippen LogP contribution >= 0.6 is 11.8 Å². The van der Waals surface area contributed by atoms with Crippen molar-refractivity contribution in [2.45, 2.75) is 36.0 Å². The molecule has 0 saturated carbocycles. The van der Waals surface area contributed by atoms with Crippen LogP contribution in [0.15, 0.2) is 90.0 Å². The van der Waals surface area contributed by atoms with Crippen LogP contribution in [0, 0.1) is 11.3 Å². The summed E-state index contributed by atoms with van der Waals surface area (Å²) in [6.07, 6.45) is 2.69. The van der Waals surface area contributed by atoms with Gasteiger partial charge in [0.25, 0.3) is 0 Å². The van der Waals surface area contributed by atoms with Gasteiger partial charge in [-0.1, -0.05) is 66.4 Å². The maximum atomic E-state index is 13.2. The van der Waals surface area contributed by atoms with Gasteiger partial charge in [-0.3, -0.25) is 14.4 Å². The molecule has 2 heterocycles. The molecule has 212 valence electrons. The first-order valence-electron chi connectivity index (χ1n) is 13.8. The van der Waals surface area contributed by atoms with Crippen molar-refractivity contribution in [1.82, 2.24) is 4.98 Å². The van der Waals surface area contributed by atoms with Gasteiger partial charge in [0.2, 0.25) is 11.8 Å². The standard InChI is InChI=1S/C34H25N3O5S/c35-19-26-17-25-7-4-8-28(25)36-32(26)43-30-18-31(39)37(33(30)40)27-15-13-24(14-16-27)34(41)42-20-29(38)23-11-9-22(10-12-23)21-5-2-1-3-6-21/h1-3,5-6,9-17,30H,4,7-8,18,20H2. The Morgan fingerprint density at radius 3 is 2.35 bits per heavy atom. The average molecular weight is 588 g/mol. The lowest BCUT2D eigenvalue weighted by Gasteiger charge is -2.15. The normalized spacial score (nSPS) is 15.7. The Morgan fingerprint density at radius 2 is 1.63 bits per heavy atom. The largest absolute Gasteiger partial charge is 0.454 e. The number of anilines is 1. The molecule has 2 aliphatic rings. The Morgan fingerprint density at radius 1 is 0.930 bits per heavy atom. The highest BCUT2D eigenvalue weighted by Crippen LogP contribution is 2.36. The van der Waals surface area contributed by atoms with Crippen molar-refractivity contribution < 1.29 is 23.9 Å². The number of hydrogen-bond acceptors (Lipinski definition) is 8. The third kappa shape index (κ3) is 5.83. The first-order valence-corrected chi connectivity index (χ1v) is 14.7. The molecule has 1 aromatic heterocycles. The number of carbonyl (C=O) groups is 4. The summed E-state index contributed by atoms with van der Waals surface area (Å²) in [7, 11) is 0. The zero-order chi connectivity index (χ0) is 29.9. The predicted molar refractivity (Wildman–Crippen MR) is 161 cm³/mol. The molecule has 0 N–H and O–H groups in total. The lowest BCUT2D eigenvalue weighted by Crippen LogP contribution is -2.31. The summed E-state index contributed by atoms with van der Waals surface area (Å²) in [5.74, 6) is -1.81. The number of ketones is 1. The molecule has 8 nitrogen and oxygen atoms in total. The van der Waals surface area contributed by atoms with E-state index in [9.17, 15) is 24.4 Å². The number of nitriles is 1. The molecule has 6 rings (SSSR count). The van der Waals surface area contributed by atoms with Crippen LogP contribution in [-0.2, 0) is 27.2 Å². The lowest BCUT2D eigenvalue weighted by molar-refractivity contribution is -0.121. The molecular weight excluding hydrogens is 562 g/mol. The number of thioether (sulfide) groups is 1. The Kier molecular flexibility index (Phi) is 7.86. The SMILES string of the molecule is N#Cc1cc2c(nc1SC1CC(=O)N(c3ccc(C(=O)OCC(=O)c4ccc(-c5ccccc5)cc4)cc3)C1=O)CCC2. The van der Waals surface area contributed by atoms with E-state index in [1.807, 2.05) is 48.5 Å². The zero-order valence-corrected chi connectivity index (χ0v) is 23.8. The molecule has 0 spiro atoms. The monoisotopic (exact) mass is 587 g/mol. The van der Waals surface area contributed by atoms with Crippen LogP contribution in [0.4, 0.5) is 5.69 Å². The van der Waals surface area contributed by atoms with Crippen molar-refractivity contribution in [3.05, 3.63) is 113 Å². The second-order valence-corrected chi connectivity index (χ2v) is 11.5. The van der Waals surface area contributed by atoms with Crippen molar-refractivity contribution >= 4 is 41.0 Å². The first kappa shape index (κ1) is 28.1. The third-order valence-corrected chi connectivity index (χ3v) is 8.69. The van der Waals surface area contributed by atoms with E-state index in [0.717, 1.165) is 58.3 Å². The second kappa shape index (κ2) is 12.0. The molecule has 2 amide bonds. The van der Waals surface area contributed by atoms with Gasteiger partial charge in [0, 0.05) is 17.7 Å². The molecule has 1 aliphatic carbocycles. The van der Waals surface area contributed by atoms with Crippen molar-refractivity contribution in [2.75, 3.05) is 11.5 Å². The van der Waals surface area contributed by atoms with Gasteiger partial charge in [-0.25, -0.2) is 14.7 Å². The number of rotatable bonds is 8. The Hall–Kier alpha value is -5.07. The minimum Gasteiger partial charge on any atom is -0.454 e. The fourth-order valence-corrected chi connectivity index (χ4v) is 6.34. The molecule has 43 heavy (non-hydrogen) atoms. The van der Waals surface area contributed by atoms with E-state index in [0.29, 0.717) is 21.8 Å². The van der Waals surface area contributed by atoms with Crippen LogP contribution in [0.5, 0.6) is 0 Å². The summed E-state index contributed by atoms with van der Waals surface area (Å²) in [6.45, 7) is -0.422. The van der Waals surface area contributed by atoms with Crippen LogP contribution in [-0.4, -0.2) is 40.4 Å². The number of aromatic nitrogens is 1. The highest BCUT2D eigenvalue weighted by Gasteiger charge is 2.41. The van der Waals surface area contributed by atoms with Crippen molar-refractivity contribution in [2.24, 2.45) is 0 Å². The highest BCUT2D eigenvalue weighted by molar-refractivity contribution is 8.00. The number of benzene rings is 3. The molecular formula is C34H25N3O5S. The Labute approximate surface area is 252 Å².